The van der Waals surface area contributed by atoms with Crippen molar-refractivity contribution in [2.45, 2.75) is 50.9 Å². The maximum Gasteiger partial charge on any atom is 0.110 e. The van der Waals surface area contributed by atoms with E-state index in [0.717, 1.165) is 6.42 Å². The summed E-state index contributed by atoms with van der Waals surface area (Å²) >= 11 is 0. The van der Waals surface area contributed by atoms with Gasteiger partial charge >= 0.3 is 0 Å². The third-order valence-electron chi connectivity index (χ3n) is 3.48. The molecule has 0 aromatic rings. The standard InChI is InChI=1S/C12H24O3/c1-5-6-9-7-8-10(13-2)12(15-4)11(9)14-3/h9-12H,5-8H2,1-4H3. The van der Waals surface area contributed by atoms with Crippen molar-refractivity contribution in [2.75, 3.05) is 21.3 Å². The van der Waals surface area contributed by atoms with Crippen LogP contribution >= 0.6 is 0 Å². The molecule has 90 valence electrons. The van der Waals surface area contributed by atoms with E-state index in [1.54, 1.807) is 21.3 Å². The molecule has 1 rings (SSSR count). The molecule has 4 unspecified atom stereocenters. The van der Waals surface area contributed by atoms with Crippen molar-refractivity contribution in [3.63, 3.8) is 0 Å². The number of hydrogen-bond donors (Lipinski definition) is 0. The lowest BCUT2D eigenvalue weighted by Gasteiger charge is -2.40. The molecule has 15 heavy (non-hydrogen) atoms. The van der Waals surface area contributed by atoms with Gasteiger partial charge in [0.05, 0.1) is 12.2 Å². The van der Waals surface area contributed by atoms with E-state index >= 15 is 0 Å². The molecule has 1 fully saturated rings. The first-order valence-corrected chi connectivity index (χ1v) is 5.86. The molecule has 0 radical (unpaired) electrons. The first-order valence-electron chi connectivity index (χ1n) is 5.86. The summed E-state index contributed by atoms with van der Waals surface area (Å²) in [6, 6.07) is 0. The highest BCUT2D eigenvalue weighted by Crippen LogP contribution is 2.33. The minimum Gasteiger partial charge on any atom is -0.379 e. The second-order valence-electron chi connectivity index (χ2n) is 4.30. The third-order valence-corrected chi connectivity index (χ3v) is 3.48. The van der Waals surface area contributed by atoms with Crippen LogP contribution in [0.1, 0.15) is 32.6 Å². The van der Waals surface area contributed by atoms with Crippen molar-refractivity contribution in [3.8, 4) is 0 Å². The summed E-state index contributed by atoms with van der Waals surface area (Å²) in [4.78, 5) is 0. The van der Waals surface area contributed by atoms with Gasteiger partial charge in [-0.1, -0.05) is 13.3 Å². The van der Waals surface area contributed by atoms with E-state index in [4.69, 9.17) is 14.2 Å². The van der Waals surface area contributed by atoms with E-state index in [9.17, 15) is 0 Å². The third kappa shape index (κ3) is 2.92. The number of ether oxygens (including phenoxy) is 3. The molecule has 1 saturated carbocycles. The van der Waals surface area contributed by atoms with Crippen LogP contribution in [-0.4, -0.2) is 39.6 Å². The van der Waals surface area contributed by atoms with E-state index in [0.29, 0.717) is 5.92 Å². The summed E-state index contributed by atoms with van der Waals surface area (Å²) < 4.78 is 16.6. The molecule has 3 heteroatoms. The highest BCUT2D eigenvalue weighted by molar-refractivity contribution is 4.89. The Balaban J connectivity index is 2.65. The number of hydrogen-bond acceptors (Lipinski definition) is 3. The normalized spacial score (nSPS) is 36.8. The predicted molar refractivity (Wildman–Crippen MR) is 60.0 cm³/mol. The molecule has 0 aromatic heterocycles. The van der Waals surface area contributed by atoms with Crippen molar-refractivity contribution in [1.82, 2.24) is 0 Å². The Labute approximate surface area is 93.1 Å². The largest absolute Gasteiger partial charge is 0.379 e. The van der Waals surface area contributed by atoms with Crippen LogP contribution in [0.15, 0.2) is 0 Å². The topological polar surface area (TPSA) is 27.7 Å². The summed E-state index contributed by atoms with van der Waals surface area (Å²) in [6.45, 7) is 2.22. The van der Waals surface area contributed by atoms with Gasteiger partial charge in [-0.3, -0.25) is 0 Å². The molecule has 0 saturated heterocycles. The van der Waals surface area contributed by atoms with Crippen LogP contribution in [0.3, 0.4) is 0 Å². The first-order chi connectivity index (χ1) is 7.28. The average Bonchev–Trinajstić information content (AvgIpc) is 2.28. The first kappa shape index (κ1) is 12.9. The minimum atomic E-state index is 0.0882. The Kier molecular flexibility index (Phi) is 5.58. The predicted octanol–water partition coefficient (Wildman–Crippen LogP) is 2.24. The minimum absolute atomic E-state index is 0.0882. The van der Waals surface area contributed by atoms with E-state index in [-0.39, 0.29) is 18.3 Å². The summed E-state index contributed by atoms with van der Waals surface area (Å²) in [6.07, 6.45) is 5.16. The Morgan fingerprint density at radius 3 is 2.07 bits per heavy atom. The summed E-state index contributed by atoms with van der Waals surface area (Å²) in [5, 5.41) is 0. The Hall–Kier alpha value is -0.120. The van der Waals surface area contributed by atoms with Gasteiger partial charge in [0.25, 0.3) is 0 Å². The molecule has 0 spiro atoms. The summed E-state index contributed by atoms with van der Waals surface area (Å²) in [5.74, 6) is 0.622. The molecule has 0 aromatic carbocycles. The molecule has 4 atom stereocenters. The smallest absolute Gasteiger partial charge is 0.110 e. The van der Waals surface area contributed by atoms with Gasteiger partial charge in [0, 0.05) is 21.3 Å². The number of rotatable bonds is 5. The van der Waals surface area contributed by atoms with E-state index < -0.39 is 0 Å². The Morgan fingerprint density at radius 1 is 0.933 bits per heavy atom. The fourth-order valence-corrected chi connectivity index (χ4v) is 2.73. The fourth-order valence-electron chi connectivity index (χ4n) is 2.73. The average molecular weight is 216 g/mol. The zero-order valence-corrected chi connectivity index (χ0v) is 10.4. The number of methoxy groups -OCH3 is 3. The molecule has 0 N–H and O–H groups in total. The van der Waals surface area contributed by atoms with Crippen LogP contribution in [0.4, 0.5) is 0 Å². The second kappa shape index (κ2) is 6.46. The molecular weight excluding hydrogens is 192 g/mol. The zero-order valence-electron chi connectivity index (χ0n) is 10.4. The van der Waals surface area contributed by atoms with Crippen molar-refractivity contribution < 1.29 is 14.2 Å². The van der Waals surface area contributed by atoms with Crippen molar-refractivity contribution >= 4 is 0 Å². The summed E-state index contributed by atoms with van der Waals surface area (Å²) in [5.41, 5.74) is 0. The highest BCUT2D eigenvalue weighted by atomic mass is 16.6. The lowest BCUT2D eigenvalue weighted by molar-refractivity contribution is -0.150. The fraction of sp³-hybridized carbons (Fsp3) is 1.00. The van der Waals surface area contributed by atoms with Gasteiger partial charge in [0.2, 0.25) is 0 Å². The summed E-state index contributed by atoms with van der Waals surface area (Å²) in [7, 11) is 5.28. The molecule has 3 nitrogen and oxygen atoms in total. The van der Waals surface area contributed by atoms with Crippen LogP contribution in [0, 0.1) is 5.92 Å². The molecule has 0 bridgehead atoms. The molecule has 1 aliphatic rings. The Morgan fingerprint density at radius 2 is 1.60 bits per heavy atom. The lowest BCUT2D eigenvalue weighted by Crippen LogP contribution is -2.49. The van der Waals surface area contributed by atoms with Gasteiger partial charge in [0.1, 0.15) is 6.10 Å². The van der Waals surface area contributed by atoms with Gasteiger partial charge in [-0.05, 0) is 25.2 Å². The SMILES string of the molecule is CCCC1CCC(OC)C(OC)C1OC. The van der Waals surface area contributed by atoms with Crippen molar-refractivity contribution in [1.29, 1.82) is 0 Å². The zero-order chi connectivity index (χ0) is 11.3. The van der Waals surface area contributed by atoms with Crippen molar-refractivity contribution in [2.24, 2.45) is 5.92 Å². The lowest BCUT2D eigenvalue weighted by atomic mass is 9.80. The van der Waals surface area contributed by atoms with Crippen molar-refractivity contribution in [3.05, 3.63) is 0 Å². The van der Waals surface area contributed by atoms with Gasteiger partial charge in [-0.2, -0.15) is 0 Å². The van der Waals surface area contributed by atoms with Gasteiger partial charge < -0.3 is 14.2 Å². The van der Waals surface area contributed by atoms with Crippen LogP contribution < -0.4 is 0 Å². The van der Waals surface area contributed by atoms with Crippen LogP contribution in [0.25, 0.3) is 0 Å². The highest BCUT2D eigenvalue weighted by Gasteiger charge is 2.39. The monoisotopic (exact) mass is 216 g/mol. The van der Waals surface area contributed by atoms with Gasteiger partial charge in [0.15, 0.2) is 0 Å². The van der Waals surface area contributed by atoms with Crippen LogP contribution in [-0.2, 0) is 14.2 Å². The molecule has 0 aliphatic heterocycles. The molecular formula is C12H24O3. The van der Waals surface area contributed by atoms with Crippen LogP contribution in [0.5, 0.6) is 0 Å². The maximum atomic E-state index is 5.59. The second-order valence-corrected chi connectivity index (χ2v) is 4.30. The Bertz CT molecular complexity index is 172. The van der Waals surface area contributed by atoms with Gasteiger partial charge in [-0.25, -0.2) is 0 Å². The van der Waals surface area contributed by atoms with Crippen LogP contribution in [0.2, 0.25) is 0 Å². The molecule has 0 amide bonds. The molecule has 1 aliphatic carbocycles. The molecule has 0 heterocycles. The van der Waals surface area contributed by atoms with Gasteiger partial charge in [-0.15, -0.1) is 0 Å². The van der Waals surface area contributed by atoms with E-state index in [1.165, 1.54) is 19.3 Å². The van der Waals surface area contributed by atoms with E-state index in [2.05, 4.69) is 6.92 Å². The quantitative estimate of drug-likeness (QED) is 0.705. The maximum absolute atomic E-state index is 5.59. The van der Waals surface area contributed by atoms with E-state index in [1.807, 2.05) is 0 Å².